The van der Waals surface area contributed by atoms with E-state index in [1.54, 1.807) is 0 Å². The minimum Gasteiger partial charge on any atom is -0.339 e. The predicted octanol–water partition coefficient (Wildman–Crippen LogP) is 0.141. The van der Waals surface area contributed by atoms with Gasteiger partial charge in [-0.2, -0.15) is 0 Å². The second-order valence-electron chi connectivity index (χ2n) is 1.29. The first-order valence-electron chi connectivity index (χ1n) is 2.56. The molecular weight excluding hydrogens is 74.1 g/mol. The van der Waals surface area contributed by atoms with E-state index < -0.39 is 0 Å². The molecule has 0 aromatic rings. The van der Waals surface area contributed by atoms with Crippen molar-refractivity contribution in [2.75, 3.05) is 6.54 Å². The van der Waals surface area contributed by atoms with Crippen LogP contribution in [0.1, 0.15) is 20.3 Å². The Hall–Kier alpha value is -0.0400. The van der Waals surface area contributed by atoms with Gasteiger partial charge in [0.05, 0.1) is 6.54 Å². The lowest BCUT2D eigenvalue weighted by Crippen LogP contribution is -2.79. The molecule has 0 unspecified atom stereocenters. The van der Waals surface area contributed by atoms with Crippen molar-refractivity contribution in [2.45, 2.75) is 20.3 Å². The lowest BCUT2D eigenvalue weighted by Gasteiger charge is -1.86. The normalized spacial score (nSPS) is 9.00. The van der Waals surface area contributed by atoms with E-state index in [0.29, 0.717) is 0 Å². The van der Waals surface area contributed by atoms with Gasteiger partial charge in [-0.3, -0.25) is 0 Å². The standard InChI is InChI=1S/C5H13N/c1-3-5-6-4-2/h5H,3-4,6H2,1-2H3/q+1. The minimum atomic E-state index is 1.17. The molecule has 0 aromatic heterocycles. The van der Waals surface area contributed by atoms with E-state index in [2.05, 4.69) is 25.7 Å². The Kier molecular flexibility index (Phi) is 4.93. The van der Waals surface area contributed by atoms with Gasteiger partial charge in [-0.15, -0.1) is 0 Å². The molecule has 0 rings (SSSR count). The van der Waals surface area contributed by atoms with E-state index in [0.717, 1.165) is 0 Å². The third-order valence-electron chi connectivity index (χ3n) is 0.638. The van der Waals surface area contributed by atoms with Crippen molar-refractivity contribution in [2.24, 2.45) is 0 Å². The molecule has 6 heavy (non-hydrogen) atoms. The van der Waals surface area contributed by atoms with Crippen molar-refractivity contribution in [1.82, 2.24) is 0 Å². The Balaban J connectivity index is 2.34. The van der Waals surface area contributed by atoms with Crippen LogP contribution >= 0.6 is 0 Å². The molecule has 0 amide bonds. The van der Waals surface area contributed by atoms with Crippen LogP contribution in [0.4, 0.5) is 0 Å². The maximum atomic E-state index is 2.18. The first-order valence-corrected chi connectivity index (χ1v) is 2.56. The average molecular weight is 87.2 g/mol. The highest BCUT2D eigenvalue weighted by atomic mass is 14.8. The molecule has 0 spiro atoms. The second kappa shape index (κ2) is 4.96. The Bertz CT molecular complexity index is 15.9. The highest BCUT2D eigenvalue weighted by Gasteiger charge is 1.77. The van der Waals surface area contributed by atoms with Crippen molar-refractivity contribution < 1.29 is 5.32 Å². The molecule has 37 valence electrons. The van der Waals surface area contributed by atoms with E-state index in [1.807, 2.05) is 0 Å². The molecule has 1 radical (unpaired) electrons. The lowest BCUT2D eigenvalue weighted by atomic mass is 10.5. The largest absolute Gasteiger partial charge is 0.339 e. The molecular formula is C5H13N+. The molecule has 0 bridgehead atoms. The maximum Gasteiger partial charge on any atom is 0.138 e. The van der Waals surface area contributed by atoms with Gasteiger partial charge >= 0.3 is 0 Å². The summed E-state index contributed by atoms with van der Waals surface area (Å²) in [4.78, 5) is 0. The minimum absolute atomic E-state index is 1.17. The quantitative estimate of drug-likeness (QED) is 0.472. The van der Waals surface area contributed by atoms with Gasteiger partial charge in [-0.05, 0) is 6.92 Å². The summed E-state index contributed by atoms with van der Waals surface area (Å²) in [5.41, 5.74) is 0. The second-order valence-corrected chi connectivity index (χ2v) is 1.29. The first-order chi connectivity index (χ1) is 2.91. The number of nitrogens with two attached hydrogens (primary N) is 1. The maximum absolute atomic E-state index is 2.18. The number of rotatable bonds is 3. The highest BCUT2D eigenvalue weighted by molar-refractivity contribution is 4.33. The SMILES string of the molecule is CC[CH][NH2+]CC. The summed E-state index contributed by atoms with van der Waals surface area (Å²) >= 11 is 0. The van der Waals surface area contributed by atoms with Gasteiger partial charge in [-0.25, -0.2) is 0 Å². The molecule has 0 heterocycles. The monoisotopic (exact) mass is 87.1 g/mol. The van der Waals surface area contributed by atoms with Gasteiger partial charge < -0.3 is 5.32 Å². The van der Waals surface area contributed by atoms with Crippen LogP contribution in [0.5, 0.6) is 0 Å². The molecule has 0 atom stereocenters. The van der Waals surface area contributed by atoms with Gasteiger partial charge in [0.1, 0.15) is 6.54 Å². The number of hydrogen-bond donors (Lipinski definition) is 1. The summed E-state index contributed by atoms with van der Waals surface area (Å²) < 4.78 is 0. The summed E-state index contributed by atoms with van der Waals surface area (Å²) in [5, 5.41) is 2.18. The van der Waals surface area contributed by atoms with Crippen LogP contribution in [0.2, 0.25) is 0 Å². The Labute approximate surface area is 39.7 Å². The number of hydrogen-bond acceptors (Lipinski definition) is 0. The van der Waals surface area contributed by atoms with Crippen LogP contribution in [0.25, 0.3) is 0 Å². The highest BCUT2D eigenvalue weighted by Crippen LogP contribution is 1.65. The van der Waals surface area contributed by atoms with Gasteiger partial charge in [0.15, 0.2) is 0 Å². The van der Waals surface area contributed by atoms with Gasteiger partial charge in [0, 0.05) is 6.42 Å². The molecule has 0 saturated heterocycles. The van der Waals surface area contributed by atoms with Crippen LogP contribution in [0.15, 0.2) is 0 Å². The molecule has 1 heteroatoms. The van der Waals surface area contributed by atoms with Crippen molar-refractivity contribution in [3.63, 3.8) is 0 Å². The molecule has 2 N–H and O–H groups in total. The number of quaternary nitrogens is 1. The van der Waals surface area contributed by atoms with E-state index >= 15 is 0 Å². The zero-order valence-electron chi connectivity index (χ0n) is 4.57. The Morgan fingerprint density at radius 3 is 2.33 bits per heavy atom. The van der Waals surface area contributed by atoms with Crippen LogP contribution < -0.4 is 5.32 Å². The summed E-state index contributed by atoms with van der Waals surface area (Å²) in [7, 11) is 0. The smallest absolute Gasteiger partial charge is 0.138 e. The van der Waals surface area contributed by atoms with Crippen LogP contribution in [0, 0.1) is 6.54 Å². The first kappa shape index (κ1) is 5.96. The molecule has 0 aliphatic heterocycles. The third kappa shape index (κ3) is 3.96. The summed E-state index contributed by atoms with van der Waals surface area (Å²) in [6.07, 6.45) is 1.17. The molecule has 0 aliphatic rings. The van der Waals surface area contributed by atoms with E-state index in [9.17, 15) is 0 Å². The Morgan fingerprint density at radius 2 is 2.17 bits per heavy atom. The summed E-state index contributed by atoms with van der Waals surface area (Å²) in [6.45, 7) is 7.64. The fourth-order valence-electron chi connectivity index (χ4n) is 0.333. The fourth-order valence-corrected chi connectivity index (χ4v) is 0.333. The van der Waals surface area contributed by atoms with E-state index in [-0.39, 0.29) is 0 Å². The zero-order valence-corrected chi connectivity index (χ0v) is 4.57. The van der Waals surface area contributed by atoms with Gasteiger partial charge in [-0.1, -0.05) is 6.92 Å². The molecule has 0 aliphatic carbocycles. The van der Waals surface area contributed by atoms with Crippen molar-refractivity contribution in [3.05, 3.63) is 6.54 Å². The summed E-state index contributed by atoms with van der Waals surface area (Å²) in [5.74, 6) is 0. The Morgan fingerprint density at radius 1 is 1.50 bits per heavy atom. The van der Waals surface area contributed by atoms with E-state index in [4.69, 9.17) is 0 Å². The van der Waals surface area contributed by atoms with Crippen molar-refractivity contribution in [3.8, 4) is 0 Å². The van der Waals surface area contributed by atoms with Crippen molar-refractivity contribution in [1.29, 1.82) is 0 Å². The molecule has 0 fully saturated rings. The van der Waals surface area contributed by atoms with Gasteiger partial charge in [0.25, 0.3) is 0 Å². The third-order valence-corrected chi connectivity index (χ3v) is 0.638. The fraction of sp³-hybridized carbons (Fsp3) is 0.800. The molecule has 0 saturated carbocycles. The van der Waals surface area contributed by atoms with Crippen LogP contribution in [-0.2, 0) is 0 Å². The summed E-state index contributed by atoms with van der Waals surface area (Å²) in [6, 6.07) is 0. The zero-order chi connectivity index (χ0) is 4.83. The van der Waals surface area contributed by atoms with E-state index in [1.165, 1.54) is 13.0 Å². The van der Waals surface area contributed by atoms with Crippen LogP contribution in [-0.4, -0.2) is 6.54 Å². The molecule has 0 aromatic carbocycles. The van der Waals surface area contributed by atoms with Gasteiger partial charge in [0.2, 0.25) is 0 Å². The van der Waals surface area contributed by atoms with Crippen LogP contribution in [0.3, 0.4) is 0 Å². The molecule has 1 nitrogen and oxygen atoms in total. The van der Waals surface area contributed by atoms with Crippen molar-refractivity contribution >= 4 is 0 Å². The average Bonchev–Trinajstić information content (AvgIpc) is 1.61. The topological polar surface area (TPSA) is 16.6 Å². The lowest BCUT2D eigenvalue weighted by molar-refractivity contribution is -0.614. The predicted molar refractivity (Wildman–Crippen MR) is 27.1 cm³/mol.